The van der Waals surface area contributed by atoms with E-state index >= 15 is 0 Å². The van der Waals surface area contributed by atoms with Gasteiger partial charge in [0.2, 0.25) is 11.6 Å². The number of carboxylic acid groups (broad SMARTS) is 1. The van der Waals surface area contributed by atoms with Crippen LogP contribution in [0.25, 0.3) is 11.1 Å². The zero-order chi connectivity index (χ0) is 23.8. The van der Waals surface area contributed by atoms with Crippen LogP contribution in [0.2, 0.25) is 0 Å². The quantitative estimate of drug-likeness (QED) is 0.315. The highest BCUT2D eigenvalue weighted by atomic mass is 16.7. The molecule has 0 amide bonds. The molecule has 3 aromatic rings. The molecule has 0 saturated heterocycles. The van der Waals surface area contributed by atoms with Crippen molar-refractivity contribution in [3.63, 3.8) is 0 Å². The first-order valence-electron chi connectivity index (χ1n) is 11.3. The van der Waals surface area contributed by atoms with Crippen LogP contribution >= 0.6 is 0 Å². The Balaban J connectivity index is 1.89. The molecule has 3 rings (SSSR count). The van der Waals surface area contributed by atoms with Gasteiger partial charge in [0, 0.05) is 39.5 Å². The number of aromatic carboxylic acids is 1. The second kappa shape index (κ2) is 11.2. The largest absolute Gasteiger partial charge is 0.478 e. The molecule has 8 nitrogen and oxygen atoms in total. The molecule has 0 spiro atoms. The molecule has 0 atom stereocenters. The summed E-state index contributed by atoms with van der Waals surface area (Å²) in [4.78, 5) is 20.2. The topological polar surface area (TPSA) is 99.4 Å². The first kappa shape index (κ1) is 24.5. The van der Waals surface area contributed by atoms with Crippen LogP contribution in [0.15, 0.2) is 42.7 Å². The molecular weight excluding hydrogens is 420 g/mol. The highest BCUT2D eigenvalue weighted by molar-refractivity contribution is 5.95. The fraction of sp³-hybridized carbons (Fsp3) is 0.440. The highest BCUT2D eigenvalue weighted by Crippen LogP contribution is 2.28. The third kappa shape index (κ3) is 5.46. The van der Waals surface area contributed by atoms with Gasteiger partial charge in [0.1, 0.15) is 5.82 Å². The maximum absolute atomic E-state index is 11.5. The number of ether oxygens (including phenoxy) is 2. The van der Waals surface area contributed by atoms with Crippen molar-refractivity contribution in [2.75, 3.05) is 14.2 Å². The summed E-state index contributed by atoms with van der Waals surface area (Å²) in [6, 6.07) is 9.53. The lowest BCUT2D eigenvalue weighted by atomic mass is 10.0. The van der Waals surface area contributed by atoms with Crippen LogP contribution in [0.1, 0.15) is 67.1 Å². The SMILES string of the molecule is CCCCCc1nc(C(CC)(OC)OC)nn1Cc1ccc(-c2ccncc2C(=O)O)cc1. The lowest BCUT2D eigenvalue weighted by molar-refractivity contribution is -0.222. The van der Waals surface area contributed by atoms with E-state index in [2.05, 4.69) is 11.9 Å². The number of methoxy groups -OCH3 is 2. The minimum Gasteiger partial charge on any atom is -0.478 e. The summed E-state index contributed by atoms with van der Waals surface area (Å²) in [5, 5.41) is 14.2. The van der Waals surface area contributed by atoms with Gasteiger partial charge in [-0.15, -0.1) is 5.10 Å². The highest BCUT2D eigenvalue weighted by Gasteiger charge is 2.35. The third-order valence-electron chi connectivity index (χ3n) is 5.87. The Morgan fingerprint density at radius 1 is 1.09 bits per heavy atom. The van der Waals surface area contributed by atoms with E-state index in [1.54, 1.807) is 26.5 Å². The predicted octanol–water partition coefficient (Wildman–Crippen LogP) is 4.67. The summed E-state index contributed by atoms with van der Waals surface area (Å²) in [7, 11) is 3.21. The Hall–Kier alpha value is -3.10. The van der Waals surface area contributed by atoms with E-state index < -0.39 is 11.8 Å². The molecule has 0 bridgehead atoms. The number of carboxylic acids is 1. The maximum atomic E-state index is 11.5. The van der Waals surface area contributed by atoms with Crippen molar-refractivity contribution in [2.24, 2.45) is 0 Å². The van der Waals surface area contributed by atoms with Crippen molar-refractivity contribution < 1.29 is 19.4 Å². The van der Waals surface area contributed by atoms with Crippen molar-refractivity contribution in [2.45, 2.75) is 58.3 Å². The minimum atomic E-state index is -0.996. The van der Waals surface area contributed by atoms with Crippen molar-refractivity contribution in [3.05, 3.63) is 65.5 Å². The fourth-order valence-corrected chi connectivity index (χ4v) is 3.87. The zero-order valence-electron chi connectivity index (χ0n) is 19.7. The van der Waals surface area contributed by atoms with E-state index in [-0.39, 0.29) is 5.56 Å². The number of benzene rings is 1. The predicted molar refractivity (Wildman–Crippen MR) is 125 cm³/mol. The molecule has 0 aliphatic carbocycles. The third-order valence-corrected chi connectivity index (χ3v) is 5.87. The maximum Gasteiger partial charge on any atom is 0.337 e. The Kier molecular flexibility index (Phi) is 8.30. The van der Waals surface area contributed by atoms with E-state index in [1.807, 2.05) is 35.9 Å². The number of rotatable bonds is 12. The normalized spacial score (nSPS) is 11.6. The van der Waals surface area contributed by atoms with E-state index in [0.29, 0.717) is 24.4 Å². The molecule has 8 heteroatoms. The number of aryl methyl sites for hydroxylation is 1. The lowest BCUT2D eigenvalue weighted by Crippen LogP contribution is -2.31. The van der Waals surface area contributed by atoms with Crippen molar-refractivity contribution in [1.29, 1.82) is 0 Å². The Morgan fingerprint density at radius 3 is 2.42 bits per heavy atom. The van der Waals surface area contributed by atoms with Gasteiger partial charge in [0.25, 0.3) is 0 Å². The minimum absolute atomic E-state index is 0.180. The summed E-state index contributed by atoms with van der Waals surface area (Å²) < 4.78 is 13.2. The first-order valence-corrected chi connectivity index (χ1v) is 11.3. The van der Waals surface area contributed by atoms with Gasteiger partial charge in [-0.25, -0.2) is 14.5 Å². The number of hydrogen-bond acceptors (Lipinski definition) is 6. The smallest absolute Gasteiger partial charge is 0.337 e. The molecule has 176 valence electrons. The molecule has 0 aliphatic heterocycles. The molecule has 0 aliphatic rings. The summed E-state index contributed by atoms with van der Waals surface area (Å²) >= 11 is 0. The number of aromatic nitrogens is 4. The average molecular weight is 453 g/mol. The standard InChI is InChI=1S/C25H32N4O4/c1-5-7-8-9-22-27-24(25(6-2,32-3)33-4)28-29(22)17-18-10-12-19(13-11-18)20-14-15-26-16-21(20)23(30)31/h10-16H,5-9,17H2,1-4H3,(H,30,31). The van der Waals surface area contributed by atoms with E-state index in [4.69, 9.17) is 19.6 Å². The van der Waals surface area contributed by atoms with E-state index in [9.17, 15) is 9.90 Å². The second-order valence-electron chi connectivity index (χ2n) is 7.90. The molecule has 2 heterocycles. The molecule has 1 aromatic carbocycles. The molecule has 0 radical (unpaired) electrons. The van der Waals surface area contributed by atoms with Gasteiger partial charge in [-0.1, -0.05) is 51.0 Å². The van der Waals surface area contributed by atoms with E-state index in [1.165, 1.54) is 6.20 Å². The number of carbonyl (C=O) groups is 1. The number of hydrogen-bond donors (Lipinski definition) is 1. The van der Waals surface area contributed by atoms with Gasteiger partial charge < -0.3 is 14.6 Å². The van der Waals surface area contributed by atoms with Gasteiger partial charge in [0.05, 0.1) is 12.1 Å². The molecule has 0 saturated carbocycles. The summed E-state index contributed by atoms with van der Waals surface area (Å²) in [6.45, 7) is 4.70. The summed E-state index contributed by atoms with van der Waals surface area (Å²) in [5.74, 6) is -0.536. The number of pyridine rings is 1. The Labute approximate surface area is 194 Å². The van der Waals surface area contributed by atoms with Gasteiger partial charge in [0.15, 0.2) is 0 Å². The number of unbranched alkanes of at least 4 members (excludes halogenated alkanes) is 2. The molecule has 1 N–H and O–H groups in total. The van der Waals surface area contributed by atoms with Crippen LogP contribution in [0.3, 0.4) is 0 Å². The summed E-state index contributed by atoms with van der Waals surface area (Å²) in [5.41, 5.74) is 2.68. The van der Waals surface area contributed by atoms with Crippen molar-refractivity contribution in [3.8, 4) is 11.1 Å². The van der Waals surface area contributed by atoms with Gasteiger partial charge in [-0.05, 0) is 29.2 Å². The van der Waals surface area contributed by atoms with E-state index in [0.717, 1.165) is 42.6 Å². The lowest BCUT2D eigenvalue weighted by Gasteiger charge is -2.26. The number of nitrogens with zero attached hydrogens (tertiary/aromatic N) is 4. The van der Waals surface area contributed by atoms with Crippen LogP contribution in [-0.2, 0) is 28.2 Å². The molecular formula is C25H32N4O4. The Bertz CT molecular complexity index is 1050. The van der Waals surface area contributed by atoms with Crippen molar-refractivity contribution in [1.82, 2.24) is 19.7 Å². The van der Waals surface area contributed by atoms with Crippen LogP contribution in [0.5, 0.6) is 0 Å². The first-order chi connectivity index (χ1) is 16.0. The van der Waals surface area contributed by atoms with Crippen molar-refractivity contribution >= 4 is 5.97 Å². The fourth-order valence-electron chi connectivity index (χ4n) is 3.87. The van der Waals surface area contributed by atoms with Crippen LogP contribution in [0, 0.1) is 0 Å². The molecule has 0 fully saturated rings. The van der Waals surface area contributed by atoms with Crippen LogP contribution < -0.4 is 0 Å². The van der Waals surface area contributed by atoms with Gasteiger partial charge >= 0.3 is 5.97 Å². The van der Waals surface area contributed by atoms with Crippen LogP contribution in [-0.4, -0.2) is 45.0 Å². The Morgan fingerprint density at radius 2 is 1.82 bits per heavy atom. The average Bonchev–Trinajstić information content (AvgIpc) is 3.24. The monoisotopic (exact) mass is 452 g/mol. The summed E-state index contributed by atoms with van der Waals surface area (Å²) in [6.07, 6.45) is 7.67. The zero-order valence-corrected chi connectivity index (χ0v) is 19.7. The molecule has 2 aromatic heterocycles. The van der Waals surface area contributed by atoms with Gasteiger partial charge in [-0.3, -0.25) is 4.98 Å². The molecule has 0 unspecified atom stereocenters. The second-order valence-corrected chi connectivity index (χ2v) is 7.90. The van der Waals surface area contributed by atoms with Gasteiger partial charge in [-0.2, -0.15) is 0 Å². The van der Waals surface area contributed by atoms with Crippen LogP contribution in [0.4, 0.5) is 0 Å². The molecule has 33 heavy (non-hydrogen) atoms.